The van der Waals surface area contributed by atoms with Gasteiger partial charge in [0.05, 0.1) is 23.9 Å². The van der Waals surface area contributed by atoms with Gasteiger partial charge in [0.25, 0.3) is 0 Å². The van der Waals surface area contributed by atoms with E-state index in [9.17, 15) is 36.2 Å². The number of methoxy groups -OCH3 is 1. The van der Waals surface area contributed by atoms with E-state index in [0.29, 0.717) is 35.1 Å². The molecular weight excluding hydrogens is 544 g/mol. The Bertz CT molecular complexity index is 1280. The quantitative estimate of drug-likeness (QED) is 0.378. The minimum Gasteiger partial charge on any atom is -0.661 e. The fraction of sp³-hybridized carbons (Fsp3) is 0.346. The lowest BCUT2D eigenvalue weighted by atomic mass is 10.0. The van der Waals surface area contributed by atoms with E-state index in [1.54, 1.807) is 19.2 Å². The van der Waals surface area contributed by atoms with Crippen molar-refractivity contribution in [3.05, 3.63) is 76.2 Å². The lowest BCUT2D eigenvalue weighted by Crippen LogP contribution is -2.44. The molecule has 216 valence electrons. The van der Waals surface area contributed by atoms with E-state index in [2.05, 4.69) is 20.6 Å². The Morgan fingerprint density at radius 3 is 2.17 bits per heavy atom. The van der Waals surface area contributed by atoms with Crippen molar-refractivity contribution >= 4 is 11.9 Å². The largest absolute Gasteiger partial charge is 0.661 e. The Morgan fingerprint density at radius 2 is 1.65 bits per heavy atom. The Morgan fingerprint density at radius 1 is 1.05 bits per heavy atom. The van der Waals surface area contributed by atoms with Gasteiger partial charge in [-0.25, -0.2) is 14.8 Å². The minimum absolute atomic E-state index is 0.0633. The number of piperazine rings is 1. The SMILES string of the molecule is COc1ccccc1-c1nc(N2CCNCC2)ncc1C(=O)O.C[N-]Cc1cc(C(F)(F)F)cc(C(F)(F)F)c1. The summed E-state index contributed by atoms with van der Waals surface area (Å²) in [6.45, 7) is 3.10. The molecule has 8 nitrogen and oxygen atoms in total. The van der Waals surface area contributed by atoms with Crippen LogP contribution in [0.5, 0.6) is 5.75 Å². The molecule has 0 atom stereocenters. The molecule has 3 aromatic rings. The highest BCUT2D eigenvalue weighted by Crippen LogP contribution is 2.36. The molecule has 1 aliphatic rings. The van der Waals surface area contributed by atoms with Gasteiger partial charge in [-0.15, -0.1) is 6.54 Å². The number of aromatic nitrogens is 2. The van der Waals surface area contributed by atoms with E-state index in [0.717, 1.165) is 26.2 Å². The first kappa shape index (κ1) is 30.6. The lowest BCUT2D eigenvalue weighted by molar-refractivity contribution is -0.143. The van der Waals surface area contributed by atoms with Crippen molar-refractivity contribution in [2.75, 3.05) is 45.2 Å². The first-order chi connectivity index (χ1) is 18.8. The van der Waals surface area contributed by atoms with Gasteiger partial charge in [-0.3, -0.25) is 0 Å². The van der Waals surface area contributed by atoms with Crippen molar-refractivity contribution in [2.24, 2.45) is 0 Å². The molecule has 2 N–H and O–H groups in total. The zero-order valence-corrected chi connectivity index (χ0v) is 21.5. The van der Waals surface area contributed by atoms with Crippen LogP contribution in [0, 0.1) is 0 Å². The van der Waals surface area contributed by atoms with E-state index >= 15 is 0 Å². The number of para-hydroxylation sites is 1. The van der Waals surface area contributed by atoms with Crippen LogP contribution in [0.1, 0.15) is 27.0 Å². The van der Waals surface area contributed by atoms with Gasteiger partial charge in [0.1, 0.15) is 11.3 Å². The molecule has 0 amide bonds. The summed E-state index contributed by atoms with van der Waals surface area (Å²) < 4.78 is 79.6. The molecule has 2 heterocycles. The molecule has 0 aliphatic carbocycles. The third-order valence-corrected chi connectivity index (χ3v) is 5.76. The molecule has 2 aromatic carbocycles. The number of hydrogen-bond acceptors (Lipinski definition) is 6. The number of nitrogens with one attached hydrogen (secondary N) is 1. The number of halogens is 6. The fourth-order valence-corrected chi connectivity index (χ4v) is 3.88. The van der Waals surface area contributed by atoms with Gasteiger partial charge >= 0.3 is 18.3 Å². The van der Waals surface area contributed by atoms with Gasteiger partial charge in [0.15, 0.2) is 0 Å². The van der Waals surface area contributed by atoms with E-state index in [1.807, 2.05) is 17.0 Å². The highest BCUT2D eigenvalue weighted by Gasteiger charge is 2.36. The van der Waals surface area contributed by atoms with Crippen molar-refractivity contribution in [3.8, 4) is 17.0 Å². The number of anilines is 1. The number of alkyl halides is 6. The maximum atomic E-state index is 12.4. The number of hydrogen-bond donors (Lipinski definition) is 2. The highest BCUT2D eigenvalue weighted by molar-refractivity contribution is 5.95. The van der Waals surface area contributed by atoms with Crippen molar-refractivity contribution in [1.29, 1.82) is 0 Å². The number of aromatic carboxylic acids is 1. The second-order valence-electron chi connectivity index (χ2n) is 8.56. The van der Waals surface area contributed by atoms with Gasteiger partial charge in [-0.1, -0.05) is 17.7 Å². The Kier molecular flexibility index (Phi) is 9.93. The van der Waals surface area contributed by atoms with Gasteiger partial charge in [0.2, 0.25) is 5.95 Å². The van der Waals surface area contributed by atoms with E-state index in [1.165, 1.54) is 13.2 Å². The average Bonchev–Trinajstić information content (AvgIpc) is 2.92. The van der Waals surface area contributed by atoms with Crippen molar-refractivity contribution in [1.82, 2.24) is 15.3 Å². The molecule has 1 saturated heterocycles. The maximum absolute atomic E-state index is 12.4. The number of nitrogens with zero attached hydrogens (tertiary/aromatic N) is 4. The van der Waals surface area contributed by atoms with Crippen LogP contribution in [-0.2, 0) is 18.9 Å². The smallest absolute Gasteiger partial charge is 0.416 e. The number of carboxylic acid groups (broad SMARTS) is 1. The third-order valence-electron chi connectivity index (χ3n) is 5.76. The number of benzene rings is 2. The standard InChI is InChI=1S/C16H18N4O3.C10H8F6N/c1-23-13-5-3-2-4-11(13)14-12(15(21)22)10-18-16(19-14)20-8-6-17-7-9-20;1-17-5-6-2-7(9(11,12)13)4-8(3-6)10(14,15)16/h2-5,10,17H,6-9H2,1H3,(H,21,22);2-4H,5H2,1H3/q;-1. The summed E-state index contributed by atoms with van der Waals surface area (Å²) in [7, 11) is 2.87. The van der Waals surface area contributed by atoms with Gasteiger partial charge in [-0.05, 0) is 30.3 Å². The molecule has 0 saturated carbocycles. The fourth-order valence-electron chi connectivity index (χ4n) is 3.88. The summed E-state index contributed by atoms with van der Waals surface area (Å²) >= 11 is 0. The first-order valence-corrected chi connectivity index (χ1v) is 11.9. The van der Waals surface area contributed by atoms with E-state index < -0.39 is 29.4 Å². The molecule has 1 fully saturated rings. The Hall–Kier alpha value is -3.91. The molecule has 0 radical (unpaired) electrons. The van der Waals surface area contributed by atoms with Crippen LogP contribution in [0.25, 0.3) is 16.6 Å². The zero-order valence-electron chi connectivity index (χ0n) is 21.5. The number of ether oxygens (including phenoxy) is 1. The van der Waals surface area contributed by atoms with Gasteiger partial charge < -0.3 is 25.4 Å². The van der Waals surface area contributed by atoms with Crippen LogP contribution in [0.4, 0.5) is 32.3 Å². The summed E-state index contributed by atoms with van der Waals surface area (Å²) in [5.41, 5.74) is -1.66. The molecule has 0 spiro atoms. The topological polar surface area (TPSA) is 102 Å². The van der Waals surface area contributed by atoms with Crippen LogP contribution < -0.4 is 15.0 Å². The molecule has 1 aromatic heterocycles. The monoisotopic (exact) mass is 570 g/mol. The summed E-state index contributed by atoms with van der Waals surface area (Å²) in [6, 6.07) is 8.68. The van der Waals surface area contributed by atoms with Crippen molar-refractivity contribution < 1.29 is 41.0 Å². The summed E-state index contributed by atoms with van der Waals surface area (Å²) in [4.78, 5) is 22.3. The predicted octanol–water partition coefficient (Wildman–Crippen LogP) is 5.49. The van der Waals surface area contributed by atoms with Crippen LogP contribution in [0.3, 0.4) is 0 Å². The van der Waals surface area contributed by atoms with Gasteiger partial charge in [-0.2, -0.15) is 33.4 Å². The lowest BCUT2D eigenvalue weighted by Gasteiger charge is -2.27. The molecular formula is C26H26F6N5O3-. The molecule has 0 bridgehead atoms. The molecule has 14 heteroatoms. The molecule has 1 aliphatic heterocycles. The van der Waals surface area contributed by atoms with Crippen LogP contribution in [0.2, 0.25) is 0 Å². The first-order valence-electron chi connectivity index (χ1n) is 11.9. The van der Waals surface area contributed by atoms with Gasteiger partial charge in [0, 0.05) is 37.9 Å². The summed E-state index contributed by atoms with van der Waals surface area (Å²) in [5.74, 6) is 0.0649. The third kappa shape index (κ3) is 7.82. The highest BCUT2D eigenvalue weighted by atomic mass is 19.4. The Labute approximate surface area is 226 Å². The molecule has 40 heavy (non-hydrogen) atoms. The summed E-state index contributed by atoms with van der Waals surface area (Å²) in [6.07, 6.45) is -8.23. The minimum atomic E-state index is -4.80. The number of carboxylic acids is 1. The number of carbonyl (C=O) groups is 1. The maximum Gasteiger partial charge on any atom is 0.416 e. The van der Waals surface area contributed by atoms with Crippen LogP contribution >= 0.6 is 0 Å². The van der Waals surface area contributed by atoms with Crippen LogP contribution in [0.15, 0.2) is 48.7 Å². The van der Waals surface area contributed by atoms with E-state index in [4.69, 9.17) is 4.74 Å². The predicted molar refractivity (Wildman–Crippen MR) is 135 cm³/mol. The number of rotatable bonds is 6. The average molecular weight is 571 g/mol. The van der Waals surface area contributed by atoms with E-state index in [-0.39, 0.29) is 23.7 Å². The Balaban J connectivity index is 0.000000232. The van der Waals surface area contributed by atoms with Crippen molar-refractivity contribution in [3.63, 3.8) is 0 Å². The zero-order chi connectivity index (χ0) is 29.5. The molecule has 0 unspecified atom stereocenters. The second kappa shape index (κ2) is 13.0. The molecule has 4 rings (SSSR count). The summed E-state index contributed by atoms with van der Waals surface area (Å²) in [5, 5.41) is 16.2. The second-order valence-corrected chi connectivity index (χ2v) is 8.56. The normalized spacial score (nSPS) is 13.8. The van der Waals surface area contributed by atoms with Crippen LogP contribution in [-0.4, -0.2) is 61.4 Å². The van der Waals surface area contributed by atoms with Crippen molar-refractivity contribution in [2.45, 2.75) is 18.9 Å².